The molecule has 1 aromatic rings. The highest BCUT2D eigenvalue weighted by molar-refractivity contribution is 9.10. The molecule has 1 rings (SSSR count). The quantitative estimate of drug-likeness (QED) is 0.692. The molecule has 1 unspecified atom stereocenters. The van der Waals surface area contributed by atoms with Crippen molar-refractivity contribution in [1.82, 2.24) is 5.32 Å². The summed E-state index contributed by atoms with van der Waals surface area (Å²) in [5, 5.41) is 3.48. The maximum absolute atomic E-state index is 5.65. The third-order valence-electron chi connectivity index (χ3n) is 2.58. The molecule has 0 saturated carbocycles. The zero-order chi connectivity index (χ0) is 13.2. The van der Waals surface area contributed by atoms with Crippen molar-refractivity contribution in [2.75, 3.05) is 24.7 Å². The number of nitrogens with one attached hydrogen (secondary N) is 1. The van der Waals surface area contributed by atoms with Crippen LogP contribution in [0, 0.1) is 0 Å². The van der Waals surface area contributed by atoms with Gasteiger partial charge in [0.15, 0.2) is 0 Å². The van der Waals surface area contributed by atoms with Gasteiger partial charge in [0.1, 0.15) is 12.4 Å². The normalized spacial score (nSPS) is 12.4. The van der Waals surface area contributed by atoms with Gasteiger partial charge in [0, 0.05) is 17.1 Å². The van der Waals surface area contributed by atoms with Crippen LogP contribution in [-0.2, 0) is 0 Å². The first-order chi connectivity index (χ1) is 8.72. The maximum Gasteiger partial charge on any atom is 0.119 e. The van der Waals surface area contributed by atoms with Gasteiger partial charge >= 0.3 is 0 Å². The Morgan fingerprint density at radius 1 is 1.33 bits per heavy atom. The summed E-state index contributed by atoms with van der Waals surface area (Å²) in [7, 11) is 0. The smallest absolute Gasteiger partial charge is 0.119 e. The minimum atomic E-state index is 0.567. The molecule has 4 heteroatoms. The summed E-state index contributed by atoms with van der Waals surface area (Å²) in [6, 6.07) is 8.51. The molecule has 0 spiro atoms. The van der Waals surface area contributed by atoms with E-state index in [-0.39, 0.29) is 0 Å². The minimum Gasteiger partial charge on any atom is -0.492 e. The van der Waals surface area contributed by atoms with E-state index in [4.69, 9.17) is 4.74 Å². The number of hydrogen-bond donors (Lipinski definition) is 1. The number of thioether (sulfide) groups is 1. The van der Waals surface area contributed by atoms with Gasteiger partial charge in [0.25, 0.3) is 0 Å². The van der Waals surface area contributed by atoms with E-state index in [1.807, 2.05) is 36.0 Å². The first kappa shape index (κ1) is 15.9. The Labute approximate surface area is 123 Å². The first-order valence-corrected chi connectivity index (χ1v) is 8.36. The van der Waals surface area contributed by atoms with Crippen molar-refractivity contribution in [3.63, 3.8) is 0 Å². The molecule has 0 amide bonds. The van der Waals surface area contributed by atoms with Gasteiger partial charge in [-0.05, 0) is 49.1 Å². The van der Waals surface area contributed by atoms with Gasteiger partial charge in [-0.1, -0.05) is 22.9 Å². The second-order valence-electron chi connectivity index (χ2n) is 4.14. The Hall–Kier alpha value is -0.190. The van der Waals surface area contributed by atoms with Gasteiger partial charge in [0.05, 0.1) is 0 Å². The average molecular weight is 332 g/mol. The van der Waals surface area contributed by atoms with E-state index in [1.54, 1.807) is 0 Å². The molecule has 0 fully saturated rings. The summed E-state index contributed by atoms with van der Waals surface area (Å²) in [5.74, 6) is 3.37. The molecule has 2 nitrogen and oxygen atoms in total. The molecule has 0 aliphatic rings. The van der Waals surface area contributed by atoms with Crippen molar-refractivity contribution in [3.05, 3.63) is 28.7 Å². The van der Waals surface area contributed by atoms with E-state index >= 15 is 0 Å². The van der Waals surface area contributed by atoms with Gasteiger partial charge in [-0.2, -0.15) is 11.8 Å². The van der Waals surface area contributed by atoms with E-state index in [0.717, 1.165) is 16.8 Å². The molecule has 0 aliphatic heterocycles. The number of halogens is 1. The minimum absolute atomic E-state index is 0.567. The molecule has 102 valence electrons. The molecule has 0 saturated heterocycles. The van der Waals surface area contributed by atoms with Gasteiger partial charge in [-0.15, -0.1) is 0 Å². The van der Waals surface area contributed by atoms with Gasteiger partial charge < -0.3 is 10.1 Å². The largest absolute Gasteiger partial charge is 0.492 e. The Kier molecular flexibility index (Phi) is 8.55. The summed E-state index contributed by atoms with van der Waals surface area (Å²) in [5.41, 5.74) is 0. The predicted octanol–water partition coefficient (Wildman–Crippen LogP) is 3.95. The molecule has 1 N–H and O–H groups in total. The van der Waals surface area contributed by atoms with Crippen molar-refractivity contribution in [1.29, 1.82) is 0 Å². The number of hydrogen-bond acceptors (Lipinski definition) is 3. The summed E-state index contributed by atoms with van der Waals surface area (Å²) < 4.78 is 6.73. The number of ether oxygens (including phenoxy) is 1. The molecule has 1 atom stereocenters. The summed E-state index contributed by atoms with van der Waals surface area (Å²) >= 11 is 5.40. The molecule has 0 aliphatic carbocycles. The van der Waals surface area contributed by atoms with Crippen LogP contribution < -0.4 is 10.1 Å². The fourth-order valence-corrected chi connectivity index (χ4v) is 2.58. The maximum atomic E-state index is 5.65. The molecule has 0 radical (unpaired) electrons. The highest BCUT2D eigenvalue weighted by Crippen LogP contribution is 2.15. The molecule has 18 heavy (non-hydrogen) atoms. The average Bonchev–Trinajstić information content (AvgIpc) is 2.37. The first-order valence-electron chi connectivity index (χ1n) is 6.42. The Balaban J connectivity index is 2.05. The lowest BCUT2D eigenvalue weighted by molar-refractivity contribution is 0.306. The number of benzene rings is 1. The molecule has 1 aromatic carbocycles. The Bertz CT molecular complexity index is 318. The molecular weight excluding hydrogens is 310 g/mol. The monoisotopic (exact) mass is 331 g/mol. The third-order valence-corrected chi connectivity index (χ3v) is 4.04. The van der Waals surface area contributed by atoms with E-state index in [1.165, 1.54) is 17.9 Å². The highest BCUT2D eigenvalue weighted by Gasteiger charge is 2.00. The van der Waals surface area contributed by atoms with E-state index in [2.05, 4.69) is 35.1 Å². The van der Waals surface area contributed by atoms with Crippen LogP contribution in [-0.4, -0.2) is 30.7 Å². The molecule has 0 bridgehead atoms. The van der Waals surface area contributed by atoms with Crippen LogP contribution in [0.25, 0.3) is 0 Å². The van der Waals surface area contributed by atoms with Crippen LogP contribution in [0.5, 0.6) is 5.75 Å². The van der Waals surface area contributed by atoms with Crippen molar-refractivity contribution in [2.45, 2.75) is 26.3 Å². The zero-order valence-electron chi connectivity index (χ0n) is 11.1. The van der Waals surface area contributed by atoms with Crippen molar-refractivity contribution < 1.29 is 4.74 Å². The zero-order valence-corrected chi connectivity index (χ0v) is 13.5. The third kappa shape index (κ3) is 7.29. The van der Waals surface area contributed by atoms with Crippen molar-refractivity contribution in [3.8, 4) is 5.75 Å². The molecule has 0 aromatic heterocycles. The summed E-state index contributed by atoms with van der Waals surface area (Å²) in [6.45, 7) is 6.05. The van der Waals surface area contributed by atoms with Crippen LogP contribution in [0.15, 0.2) is 28.7 Å². The Morgan fingerprint density at radius 3 is 2.72 bits per heavy atom. The predicted molar refractivity (Wildman–Crippen MR) is 84.7 cm³/mol. The SMILES string of the molecule is CCSCCC(C)NCCOc1ccc(Br)cc1. The number of rotatable bonds is 9. The molecule has 0 heterocycles. The lowest BCUT2D eigenvalue weighted by Gasteiger charge is -2.13. The summed E-state index contributed by atoms with van der Waals surface area (Å²) in [4.78, 5) is 0. The van der Waals surface area contributed by atoms with Crippen LogP contribution in [0.4, 0.5) is 0 Å². The second-order valence-corrected chi connectivity index (χ2v) is 6.45. The fourth-order valence-electron chi connectivity index (χ4n) is 1.51. The second kappa shape index (κ2) is 9.70. The van der Waals surface area contributed by atoms with E-state index < -0.39 is 0 Å². The standard InChI is InChI=1S/C14H22BrNOS/c1-3-18-11-8-12(2)16-9-10-17-14-6-4-13(15)5-7-14/h4-7,12,16H,3,8-11H2,1-2H3. The van der Waals surface area contributed by atoms with E-state index in [9.17, 15) is 0 Å². The van der Waals surface area contributed by atoms with Gasteiger partial charge in [-0.3, -0.25) is 0 Å². The van der Waals surface area contributed by atoms with Gasteiger partial charge in [-0.25, -0.2) is 0 Å². The topological polar surface area (TPSA) is 21.3 Å². The Morgan fingerprint density at radius 2 is 2.06 bits per heavy atom. The van der Waals surface area contributed by atoms with E-state index in [0.29, 0.717) is 12.6 Å². The van der Waals surface area contributed by atoms with Crippen molar-refractivity contribution >= 4 is 27.7 Å². The summed E-state index contributed by atoms with van der Waals surface area (Å²) in [6.07, 6.45) is 1.22. The molecular formula is C14H22BrNOS. The lowest BCUT2D eigenvalue weighted by Crippen LogP contribution is -2.30. The van der Waals surface area contributed by atoms with Crippen LogP contribution in [0.3, 0.4) is 0 Å². The van der Waals surface area contributed by atoms with Crippen LogP contribution in [0.1, 0.15) is 20.3 Å². The lowest BCUT2D eigenvalue weighted by atomic mass is 10.2. The van der Waals surface area contributed by atoms with Crippen LogP contribution >= 0.6 is 27.7 Å². The van der Waals surface area contributed by atoms with Crippen LogP contribution in [0.2, 0.25) is 0 Å². The highest BCUT2D eigenvalue weighted by atomic mass is 79.9. The van der Waals surface area contributed by atoms with Crippen molar-refractivity contribution in [2.24, 2.45) is 0 Å². The van der Waals surface area contributed by atoms with Gasteiger partial charge in [0.2, 0.25) is 0 Å². The fraction of sp³-hybridized carbons (Fsp3) is 0.571.